The molecule has 1 unspecified atom stereocenters. The Labute approximate surface area is 175 Å². The number of rotatable bonds is 6. The van der Waals surface area contributed by atoms with E-state index >= 15 is 0 Å². The number of hydrogen-bond donors (Lipinski definition) is 1. The molecule has 0 spiro atoms. The highest BCUT2D eigenvalue weighted by atomic mass is 35.5. The molecule has 2 aromatic carbocycles. The number of benzene rings is 2. The second-order valence-corrected chi connectivity index (χ2v) is 8.21. The van der Waals surface area contributed by atoms with Gasteiger partial charge < -0.3 is 9.72 Å². The topological polar surface area (TPSA) is 37.9 Å². The van der Waals surface area contributed by atoms with Crippen molar-refractivity contribution in [1.29, 1.82) is 0 Å². The molecule has 4 aromatic rings. The first-order valence-corrected chi connectivity index (χ1v) is 10.3. The zero-order valence-electron chi connectivity index (χ0n) is 14.1. The Balaban J connectivity index is 1.61. The number of aromatic amines is 1. The van der Waals surface area contributed by atoms with E-state index in [0.717, 1.165) is 32.1 Å². The zero-order chi connectivity index (χ0) is 18.8. The lowest BCUT2D eigenvalue weighted by Crippen LogP contribution is -2.10. The number of nitrogens with zero attached hydrogens (tertiary/aromatic N) is 1. The molecular formula is C20H15Cl3N2OS. The normalized spacial score (nSPS) is 12.6. The molecule has 2 aromatic heterocycles. The van der Waals surface area contributed by atoms with E-state index in [2.05, 4.69) is 21.4 Å². The van der Waals surface area contributed by atoms with Gasteiger partial charge in [-0.25, -0.2) is 4.98 Å². The van der Waals surface area contributed by atoms with E-state index in [1.54, 1.807) is 29.8 Å². The Kier molecular flexibility index (Phi) is 5.71. The Morgan fingerprint density at radius 1 is 1.11 bits per heavy atom. The summed E-state index contributed by atoms with van der Waals surface area (Å²) in [5, 5.41) is 5.14. The summed E-state index contributed by atoms with van der Waals surface area (Å²) in [6.07, 6.45) is 3.85. The van der Waals surface area contributed by atoms with E-state index in [1.165, 1.54) is 0 Å². The molecule has 1 atom stereocenters. The maximum absolute atomic E-state index is 6.43. The van der Waals surface area contributed by atoms with Crippen molar-refractivity contribution >= 4 is 56.2 Å². The minimum atomic E-state index is -0.255. The number of ether oxygens (including phenoxy) is 1. The van der Waals surface area contributed by atoms with Crippen molar-refractivity contribution in [2.45, 2.75) is 19.1 Å². The van der Waals surface area contributed by atoms with Crippen molar-refractivity contribution < 1.29 is 4.74 Å². The predicted molar refractivity (Wildman–Crippen MR) is 113 cm³/mol. The number of nitrogens with one attached hydrogen (secondary N) is 1. The molecule has 0 aliphatic rings. The number of imidazole rings is 1. The summed E-state index contributed by atoms with van der Waals surface area (Å²) in [4.78, 5) is 7.44. The summed E-state index contributed by atoms with van der Waals surface area (Å²) < 4.78 is 7.36. The number of H-pyrrole nitrogens is 1. The first-order valence-electron chi connectivity index (χ1n) is 8.31. The van der Waals surface area contributed by atoms with E-state index in [-0.39, 0.29) is 6.10 Å². The van der Waals surface area contributed by atoms with Crippen LogP contribution < -0.4 is 0 Å². The van der Waals surface area contributed by atoms with Crippen LogP contribution in [-0.2, 0) is 17.8 Å². The van der Waals surface area contributed by atoms with Crippen LogP contribution in [0.5, 0.6) is 0 Å². The van der Waals surface area contributed by atoms with Gasteiger partial charge in [0.15, 0.2) is 0 Å². The van der Waals surface area contributed by atoms with Crippen molar-refractivity contribution in [3.63, 3.8) is 0 Å². The quantitative estimate of drug-likeness (QED) is 0.350. The first kappa shape index (κ1) is 18.8. The predicted octanol–water partition coefficient (Wildman–Crippen LogP) is 7.09. The van der Waals surface area contributed by atoms with E-state index in [1.807, 2.05) is 24.3 Å². The molecule has 2 heterocycles. The van der Waals surface area contributed by atoms with Crippen molar-refractivity contribution in [1.82, 2.24) is 9.97 Å². The third-order valence-corrected chi connectivity index (χ3v) is 6.38. The molecule has 0 saturated carbocycles. The lowest BCUT2D eigenvalue weighted by Gasteiger charge is -2.19. The molecule has 0 bridgehead atoms. The van der Waals surface area contributed by atoms with Crippen LogP contribution in [0.1, 0.15) is 23.1 Å². The fourth-order valence-corrected chi connectivity index (χ4v) is 4.78. The Bertz CT molecular complexity index is 1060. The van der Waals surface area contributed by atoms with E-state index in [9.17, 15) is 0 Å². The van der Waals surface area contributed by atoms with Gasteiger partial charge in [-0.3, -0.25) is 0 Å². The number of thiophene rings is 1. The van der Waals surface area contributed by atoms with E-state index < -0.39 is 0 Å². The van der Waals surface area contributed by atoms with Gasteiger partial charge in [0.2, 0.25) is 0 Å². The molecule has 1 N–H and O–H groups in total. The lowest BCUT2D eigenvalue weighted by atomic mass is 10.1. The molecule has 0 fully saturated rings. The van der Waals surface area contributed by atoms with E-state index in [0.29, 0.717) is 23.1 Å². The van der Waals surface area contributed by atoms with Gasteiger partial charge in [0.1, 0.15) is 5.82 Å². The van der Waals surface area contributed by atoms with Gasteiger partial charge in [-0.15, -0.1) is 11.3 Å². The summed E-state index contributed by atoms with van der Waals surface area (Å²) >= 11 is 20.4. The average molecular weight is 438 g/mol. The van der Waals surface area contributed by atoms with E-state index in [4.69, 9.17) is 39.5 Å². The van der Waals surface area contributed by atoms with Crippen LogP contribution in [0.15, 0.2) is 54.2 Å². The molecule has 0 saturated heterocycles. The molecule has 4 rings (SSSR count). The van der Waals surface area contributed by atoms with Gasteiger partial charge in [-0.2, -0.15) is 0 Å². The highest BCUT2D eigenvalue weighted by Crippen LogP contribution is 2.35. The standard InChI is InChI=1S/C20H15Cl3N2OS/c21-13-4-5-15(17(23)8-13)18(9-19-24-6-7-25-19)26-10-12-11-27-20-14(12)2-1-3-16(20)22/h1-8,11,18H,9-10H2,(H,24,25). The van der Waals surface area contributed by atoms with Crippen LogP contribution in [0.4, 0.5) is 0 Å². The van der Waals surface area contributed by atoms with Gasteiger partial charge in [0.05, 0.1) is 22.4 Å². The molecule has 0 aliphatic heterocycles. The summed E-state index contributed by atoms with van der Waals surface area (Å²) in [6.45, 7) is 0.449. The van der Waals surface area contributed by atoms with Gasteiger partial charge >= 0.3 is 0 Å². The maximum Gasteiger partial charge on any atom is 0.108 e. The molecule has 27 heavy (non-hydrogen) atoms. The SMILES string of the molecule is Clc1ccc(C(Cc2ncc[nH]2)OCc2csc3c(Cl)cccc23)c(Cl)c1. The third-order valence-electron chi connectivity index (χ3n) is 4.31. The van der Waals surface area contributed by atoms with Crippen molar-refractivity contribution in [3.05, 3.63) is 86.2 Å². The zero-order valence-corrected chi connectivity index (χ0v) is 17.2. The molecule has 0 aliphatic carbocycles. The van der Waals surface area contributed by atoms with Gasteiger partial charge in [-0.1, -0.05) is 53.0 Å². The minimum Gasteiger partial charge on any atom is -0.368 e. The second kappa shape index (κ2) is 8.21. The Morgan fingerprint density at radius 3 is 2.78 bits per heavy atom. The summed E-state index contributed by atoms with van der Waals surface area (Å²) in [5.74, 6) is 0.837. The average Bonchev–Trinajstić information content (AvgIpc) is 3.29. The number of aromatic nitrogens is 2. The first-order chi connectivity index (χ1) is 13.1. The van der Waals surface area contributed by atoms with Gasteiger partial charge in [0.25, 0.3) is 0 Å². The van der Waals surface area contributed by atoms with Crippen LogP contribution in [0.25, 0.3) is 10.1 Å². The van der Waals surface area contributed by atoms with Crippen LogP contribution in [0, 0.1) is 0 Å². The Hall–Kier alpha value is -1.56. The van der Waals surface area contributed by atoms with Crippen molar-refractivity contribution in [2.75, 3.05) is 0 Å². The molecule has 0 radical (unpaired) electrons. The Morgan fingerprint density at radius 2 is 2.00 bits per heavy atom. The fourth-order valence-electron chi connectivity index (χ4n) is 2.98. The molecule has 138 valence electrons. The number of fused-ring (bicyclic) bond motifs is 1. The van der Waals surface area contributed by atoms with Crippen LogP contribution in [-0.4, -0.2) is 9.97 Å². The molecule has 3 nitrogen and oxygen atoms in total. The number of halogens is 3. The largest absolute Gasteiger partial charge is 0.368 e. The fraction of sp³-hybridized carbons (Fsp3) is 0.150. The molecular weight excluding hydrogens is 423 g/mol. The highest BCUT2D eigenvalue weighted by molar-refractivity contribution is 7.18. The second-order valence-electron chi connectivity index (χ2n) is 6.08. The molecule has 7 heteroatoms. The monoisotopic (exact) mass is 436 g/mol. The van der Waals surface area contributed by atoms with Crippen molar-refractivity contribution in [2.24, 2.45) is 0 Å². The summed E-state index contributed by atoms with van der Waals surface area (Å²) in [6, 6.07) is 11.4. The van der Waals surface area contributed by atoms with Crippen LogP contribution >= 0.6 is 46.1 Å². The molecule has 0 amide bonds. The summed E-state index contributed by atoms with van der Waals surface area (Å²) in [5.41, 5.74) is 1.99. The third kappa shape index (κ3) is 4.15. The number of hydrogen-bond acceptors (Lipinski definition) is 3. The highest BCUT2D eigenvalue weighted by Gasteiger charge is 2.19. The smallest absolute Gasteiger partial charge is 0.108 e. The maximum atomic E-state index is 6.43. The van der Waals surface area contributed by atoms with Gasteiger partial charge in [-0.05, 0) is 40.1 Å². The van der Waals surface area contributed by atoms with Crippen LogP contribution in [0.2, 0.25) is 15.1 Å². The summed E-state index contributed by atoms with van der Waals surface area (Å²) in [7, 11) is 0. The lowest BCUT2D eigenvalue weighted by molar-refractivity contribution is 0.0396. The minimum absolute atomic E-state index is 0.255. The van der Waals surface area contributed by atoms with Gasteiger partial charge in [0, 0.05) is 28.9 Å². The van der Waals surface area contributed by atoms with Crippen molar-refractivity contribution in [3.8, 4) is 0 Å². The van der Waals surface area contributed by atoms with Crippen LogP contribution in [0.3, 0.4) is 0 Å².